The molecule has 0 radical (unpaired) electrons. The van der Waals surface area contributed by atoms with Crippen LogP contribution in [-0.4, -0.2) is 19.0 Å². The molecule has 3 nitrogen and oxygen atoms in total. The minimum absolute atomic E-state index is 0.0175. The van der Waals surface area contributed by atoms with Crippen LogP contribution in [0.5, 0.6) is 0 Å². The maximum Gasteiger partial charge on any atom is 0.269 e. The van der Waals surface area contributed by atoms with Gasteiger partial charge in [-0.05, 0) is 30.0 Å². The second-order valence-corrected chi connectivity index (χ2v) is 5.68. The Hall–Kier alpha value is -1.52. The number of thiophene rings is 1. The molecule has 1 aromatic heterocycles. The molecular weight excluding hydrogens is 280 g/mol. The molecule has 2 heterocycles. The molecule has 0 saturated carbocycles. The van der Waals surface area contributed by atoms with Gasteiger partial charge < -0.3 is 10.2 Å². The van der Waals surface area contributed by atoms with E-state index in [1.807, 2.05) is 34.5 Å². The number of fused-ring (bicyclic) bond motifs is 1. The smallest absolute Gasteiger partial charge is 0.269 e. The average Bonchev–Trinajstić information content (AvgIpc) is 2.74. The van der Waals surface area contributed by atoms with Gasteiger partial charge in [-0.3, -0.25) is 4.79 Å². The number of hydrogen-bond acceptors (Lipinski definition) is 3. The summed E-state index contributed by atoms with van der Waals surface area (Å²) in [5.74, 6) is -0.0175. The van der Waals surface area contributed by atoms with Crippen LogP contribution >= 0.6 is 22.9 Å². The van der Waals surface area contributed by atoms with E-state index < -0.39 is 0 Å². The van der Waals surface area contributed by atoms with Crippen molar-refractivity contribution in [2.75, 3.05) is 23.3 Å². The average molecular weight is 293 g/mol. The van der Waals surface area contributed by atoms with E-state index in [1.165, 1.54) is 11.3 Å². The van der Waals surface area contributed by atoms with Crippen molar-refractivity contribution >= 4 is 40.2 Å². The number of nitrogens with one attached hydrogen (secondary N) is 1. The minimum Gasteiger partial charge on any atom is -0.383 e. The standard InChI is InChI=1S/C14H13ClN2OS/c15-10-6-9-19-13(10)14(18)17-8-3-7-16-11-4-1-2-5-12(11)17/h1-2,4-6,9,16H,3,7-8H2. The number of anilines is 2. The van der Waals surface area contributed by atoms with E-state index in [4.69, 9.17) is 11.6 Å². The van der Waals surface area contributed by atoms with Crippen LogP contribution in [0.25, 0.3) is 0 Å². The lowest BCUT2D eigenvalue weighted by molar-refractivity contribution is 0.0991. The third-order valence-corrected chi connectivity index (χ3v) is 4.45. The zero-order valence-corrected chi connectivity index (χ0v) is 11.8. The van der Waals surface area contributed by atoms with Gasteiger partial charge in [0, 0.05) is 13.1 Å². The monoisotopic (exact) mass is 292 g/mol. The Kier molecular flexibility index (Phi) is 3.44. The molecule has 0 fully saturated rings. The molecule has 1 amide bonds. The Morgan fingerprint density at radius 1 is 1.32 bits per heavy atom. The van der Waals surface area contributed by atoms with E-state index in [9.17, 15) is 4.79 Å². The van der Waals surface area contributed by atoms with Crippen LogP contribution < -0.4 is 10.2 Å². The van der Waals surface area contributed by atoms with Gasteiger partial charge in [-0.15, -0.1) is 11.3 Å². The Bertz CT molecular complexity index is 611. The van der Waals surface area contributed by atoms with Crippen molar-refractivity contribution in [2.45, 2.75) is 6.42 Å². The first-order valence-electron chi connectivity index (χ1n) is 6.15. The summed E-state index contributed by atoms with van der Waals surface area (Å²) in [7, 11) is 0. The number of halogens is 1. The molecule has 19 heavy (non-hydrogen) atoms. The summed E-state index contributed by atoms with van der Waals surface area (Å²) in [5, 5.41) is 5.72. The Morgan fingerprint density at radius 2 is 2.16 bits per heavy atom. The number of rotatable bonds is 1. The molecule has 0 atom stereocenters. The highest BCUT2D eigenvalue weighted by molar-refractivity contribution is 7.12. The lowest BCUT2D eigenvalue weighted by Gasteiger charge is -2.21. The predicted molar refractivity (Wildman–Crippen MR) is 80.6 cm³/mol. The molecule has 0 bridgehead atoms. The molecule has 1 aromatic carbocycles. The van der Waals surface area contributed by atoms with Crippen molar-refractivity contribution in [2.24, 2.45) is 0 Å². The van der Waals surface area contributed by atoms with E-state index in [1.54, 1.807) is 6.07 Å². The Balaban J connectivity index is 2.01. The summed E-state index contributed by atoms with van der Waals surface area (Å²) in [5.41, 5.74) is 1.93. The van der Waals surface area contributed by atoms with Gasteiger partial charge in [0.1, 0.15) is 4.88 Å². The molecule has 0 saturated heterocycles. The normalized spacial score (nSPS) is 14.5. The van der Waals surface area contributed by atoms with Crippen molar-refractivity contribution in [3.8, 4) is 0 Å². The molecule has 2 aromatic rings. The molecule has 1 aliphatic heterocycles. The molecule has 3 rings (SSSR count). The van der Waals surface area contributed by atoms with Crippen LogP contribution in [-0.2, 0) is 0 Å². The summed E-state index contributed by atoms with van der Waals surface area (Å²) >= 11 is 7.46. The fourth-order valence-corrected chi connectivity index (χ4v) is 3.30. The van der Waals surface area contributed by atoms with Crippen molar-refractivity contribution in [1.82, 2.24) is 0 Å². The van der Waals surface area contributed by atoms with E-state index in [-0.39, 0.29) is 5.91 Å². The highest BCUT2D eigenvalue weighted by Crippen LogP contribution is 2.32. The molecule has 5 heteroatoms. The fourth-order valence-electron chi connectivity index (χ4n) is 2.22. The van der Waals surface area contributed by atoms with Gasteiger partial charge in [0.05, 0.1) is 16.4 Å². The lowest BCUT2D eigenvalue weighted by Crippen LogP contribution is -2.31. The summed E-state index contributed by atoms with van der Waals surface area (Å²) in [6, 6.07) is 9.64. The highest BCUT2D eigenvalue weighted by Gasteiger charge is 2.24. The second-order valence-electron chi connectivity index (χ2n) is 4.35. The molecule has 0 aliphatic carbocycles. The largest absolute Gasteiger partial charge is 0.383 e. The van der Waals surface area contributed by atoms with E-state index in [0.29, 0.717) is 16.4 Å². The quantitative estimate of drug-likeness (QED) is 0.865. The second kappa shape index (κ2) is 5.23. The summed E-state index contributed by atoms with van der Waals surface area (Å²) in [4.78, 5) is 15.0. The number of benzene rings is 1. The van der Waals surface area contributed by atoms with Gasteiger partial charge >= 0.3 is 0 Å². The minimum atomic E-state index is -0.0175. The van der Waals surface area contributed by atoms with Gasteiger partial charge in [-0.2, -0.15) is 0 Å². The highest BCUT2D eigenvalue weighted by atomic mass is 35.5. The molecule has 1 aliphatic rings. The van der Waals surface area contributed by atoms with Gasteiger partial charge in [-0.25, -0.2) is 0 Å². The van der Waals surface area contributed by atoms with E-state index in [2.05, 4.69) is 5.32 Å². The molecule has 0 unspecified atom stereocenters. The van der Waals surface area contributed by atoms with Crippen molar-refractivity contribution in [3.63, 3.8) is 0 Å². The zero-order valence-electron chi connectivity index (χ0n) is 10.2. The number of para-hydroxylation sites is 2. The number of amides is 1. The third-order valence-electron chi connectivity index (χ3n) is 3.13. The van der Waals surface area contributed by atoms with Crippen LogP contribution in [0, 0.1) is 0 Å². The molecule has 1 N–H and O–H groups in total. The van der Waals surface area contributed by atoms with E-state index >= 15 is 0 Å². The van der Waals surface area contributed by atoms with Gasteiger partial charge in [0.25, 0.3) is 5.91 Å². The molecule has 98 valence electrons. The maximum absolute atomic E-state index is 12.6. The molecule has 0 spiro atoms. The lowest BCUT2D eigenvalue weighted by atomic mass is 10.2. The van der Waals surface area contributed by atoms with Crippen molar-refractivity contribution in [3.05, 3.63) is 45.6 Å². The predicted octanol–water partition coefficient (Wildman–Crippen LogP) is 3.86. The maximum atomic E-state index is 12.6. The van der Waals surface area contributed by atoms with Gasteiger partial charge in [0.15, 0.2) is 0 Å². The topological polar surface area (TPSA) is 32.3 Å². The summed E-state index contributed by atoms with van der Waals surface area (Å²) in [6.45, 7) is 1.58. The van der Waals surface area contributed by atoms with E-state index in [0.717, 1.165) is 24.3 Å². The van der Waals surface area contributed by atoms with Crippen LogP contribution in [0.1, 0.15) is 16.1 Å². The number of carbonyl (C=O) groups is 1. The Labute approximate surface area is 120 Å². The summed E-state index contributed by atoms with van der Waals surface area (Å²) < 4.78 is 0. The third kappa shape index (κ3) is 2.33. The van der Waals surface area contributed by atoms with Crippen LogP contribution in [0.4, 0.5) is 11.4 Å². The van der Waals surface area contributed by atoms with Crippen molar-refractivity contribution < 1.29 is 4.79 Å². The first-order chi connectivity index (χ1) is 9.27. The van der Waals surface area contributed by atoms with Crippen LogP contribution in [0.3, 0.4) is 0 Å². The number of hydrogen-bond donors (Lipinski definition) is 1. The van der Waals surface area contributed by atoms with Crippen LogP contribution in [0.15, 0.2) is 35.7 Å². The van der Waals surface area contributed by atoms with Crippen molar-refractivity contribution in [1.29, 1.82) is 0 Å². The fraction of sp³-hybridized carbons (Fsp3) is 0.214. The first-order valence-corrected chi connectivity index (χ1v) is 7.41. The zero-order chi connectivity index (χ0) is 13.2. The molecular formula is C14H13ClN2OS. The van der Waals surface area contributed by atoms with Crippen LogP contribution in [0.2, 0.25) is 5.02 Å². The van der Waals surface area contributed by atoms with Gasteiger partial charge in [0.2, 0.25) is 0 Å². The van der Waals surface area contributed by atoms with Gasteiger partial charge in [-0.1, -0.05) is 23.7 Å². The SMILES string of the molecule is O=C(c1sccc1Cl)N1CCCNc2ccccc21. The first kappa shape index (κ1) is 12.5. The number of carbonyl (C=O) groups excluding carboxylic acids is 1. The number of nitrogens with zero attached hydrogens (tertiary/aromatic N) is 1. The summed E-state index contributed by atoms with van der Waals surface area (Å²) in [6.07, 6.45) is 0.920. The Morgan fingerprint density at radius 3 is 2.95 bits per heavy atom.